The summed E-state index contributed by atoms with van der Waals surface area (Å²) in [4.78, 5) is 47.9. The van der Waals surface area contributed by atoms with E-state index in [1.807, 2.05) is 30.3 Å². The molecule has 1 aromatic rings. The maximum absolute atomic E-state index is 12.3. The molecule has 0 unspecified atom stereocenters. The summed E-state index contributed by atoms with van der Waals surface area (Å²) in [6, 6.07) is 6.65. The highest BCUT2D eigenvalue weighted by Crippen LogP contribution is 2.33. The number of carbonyl (C=O) groups is 4. The van der Waals surface area contributed by atoms with Gasteiger partial charge in [-0.3, -0.25) is 14.4 Å². The van der Waals surface area contributed by atoms with Gasteiger partial charge >= 0.3 is 5.97 Å². The van der Waals surface area contributed by atoms with Gasteiger partial charge in [0.05, 0.1) is 6.42 Å². The molecule has 0 aromatic heterocycles. The summed E-state index contributed by atoms with van der Waals surface area (Å²) in [7, 11) is 0. The van der Waals surface area contributed by atoms with Crippen molar-refractivity contribution in [3.8, 4) is 0 Å². The lowest BCUT2D eigenvalue weighted by molar-refractivity contribution is -0.143. The van der Waals surface area contributed by atoms with Crippen LogP contribution in [0.15, 0.2) is 30.3 Å². The molecule has 4 N–H and O–H groups in total. The first-order valence-corrected chi connectivity index (χ1v) is 9.09. The third kappa shape index (κ3) is 5.29. The molecule has 2 aliphatic rings. The zero-order chi connectivity index (χ0) is 19.4. The fraction of sp³-hybridized carbons (Fsp3) is 0.474. The van der Waals surface area contributed by atoms with E-state index in [9.17, 15) is 24.3 Å². The van der Waals surface area contributed by atoms with E-state index in [1.165, 1.54) is 0 Å². The minimum atomic E-state index is -1.09. The molecule has 1 saturated heterocycles. The van der Waals surface area contributed by atoms with Crippen molar-refractivity contribution < 1.29 is 24.3 Å². The number of rotatable bonds is 8. The van der Waals surface area contributed by atoms with E-state index in [4.69, 9.17) is 0 Å². The van der Waals surface area contributed by atoms with Gasteiger partial charge in [0.25, 0.3) is 0 Å². The largest absolute Gasteiger partial charge is 0.480 e. The first-order chi connectivity index (χ1) is 12.9. The monoisotopic (exact) mass is 373 g/mol. The Hall–Kier alpha value is -2.90. The Morgan fingerprint density at radius 1 is 1.07 bits per heavy atom. The second-order valence-corrected chi connectivity index (χ2v) is 7.15. The molecule has 27 heavy (non-hydrogen) atoms. The van der Waals surface area contributed by atoms with Gasteiger partial charge in [0, 0.05) is 6.42 Å². The predicted octanol–water partition coefficient (Wildman–Crippen LogP) is -0.0281. The van der Waals surface area contributed by atoms with Gasteiger partial charge < -0.3 is 21.1 Å². The Labute approximate surface area is 156 Å². The number of hydrogen-bond acceptors (Lipinski definition) is 4. The molecule has 8 nitrogen and oxygen atoms in total. The normalized spacial score (nSPS) is 23.1. The van der Waals surface area contributed by atoms with Crippen LogP contribution in [-0.2, 0) is 25.6 Å². The van der Waals surface area contributed by atoms with Crippen molar-refractivity contribution in [2.45, 2.75) is 50.2 Å². The van der Waals surface area contributed by atoms with Crippen LogP contribution in [0.25, 0.3) is 0 Å². The van der Waals surface area contributed by atoms with Crippen LogP contribution < -0.4 is 16.0 Å². The highest BCUT2D eigenvalue weighted by Gasteiger charge is 2.36. The number of amides is 3. The van der Waals surface area contributed by atoms with Gasteiger partial charge in [-0.1, -0.05) is 43.2 Å². The lowest BCUT2D eigenvalue weighted by Gasteiger charge is -2.29. The molecule has 2 fully saturated rings. The van der Waals surface area contributed by atoms with Gasteiger partial charge in [0.15, 0.2) is 0 Å². The summed E-state index contributed by atoms with van der Waals surface area (Å²) < 4.78 is 0. The number of aliphatic carboxylic acids is 1. The quantitative estimate of drug-likeness (QED) is 0.509. The van der Waals surface area contributed by atoms with Crippen LogP contribution in [0, 0.1) is 5.92 Å². The maximum atomic E-state index is 12.3. The molecule has 1 aliphatic carbocycles. The van der Waals surface area contributed by atoms with Crippen molar-refractivity contribution in [2.24, 2.45) is 5.92 Å². The number of carboxylic acids is 1. The molecule has 3 amide bonds. The molecular weight excluding hydrogens is 350 g/mol. The fourth-order valence-electron chi connectivity index (χ4n) is 3.16. The minimum absolute atomic E-state index is 0.288. The van der Waals surface area contributed by atoms with Crippen LogP contribution in [0.5, 0.6) is 0 Å². The van der Waals surface area contributed by atoms with Crippen LogP contribution in [0.1, 0.15) is 31.2 Å². The summed E-state index contributed by atoms with van der Waals surface area (Å²) in [5.74, 6) is -2.12. The summed E-state index contributed by atoms with van der Waals surface area (Å²) in [6.07, 6.45) is 2.42. The summed E-state index contributed by atoms with van der Waals surface area (Å²) >= 11 is 0. The Morgan fingerprint density at radius 2 is 1.70 bits per heavy atom. The van der Waals surface area contributed by atoms with Crippen molar-refractivity contribution >= 4 is 23.7 Å². The maximum Gasteiger partial charge on any atom is 0.326 e. The molecule has 1 heterocycles. The second-order valence-electron chi connectivity index (χ2n) is 7.15. The third-order valence-electron chi connectivity index (χ3n) is 4.84. The predicted molar refractivity (Wildman–Crippen MR) is 95.5 cm³/mol. The van der Waals surface area contributed by atoms with E-state index in [-0.39, 0.29) is 12.3 Å². The Bertz CT molecular complexity index is 732. The molecule has 1 saturated carbocycles. The highest BCUT2D eigenvalue weighted by atomic mass is 16.4. The van der Waals surface area contributed by atoms with Crippen molar-refractivity contribution in [1.29, 1.82) is 0 Å². The van der Waals surface area contributed by atoms with Crippen LogP contribution in [-0.4, -0.2) is 46.9 Å². The standard InChI is InChI=1S/C19H23N3O5/c23-16(20-15(19(26)27)9-12-6-7-12)10-14-18(25)21-13(17(24)22-14)8-11-4-2-1-3-5-11/h1-5,12-15H,6-10H2,(H,20,23)(H,21,25)(H,22,24)(H,26,27)/t13-,14-,15+/m0/s1. The minimum Gasteiger partial charge on any atom is -0.480 e. The number of hydrogen-bond donors (Lipinski definition) is 4. The van der Waals surface area contributed by atoms with Gasteiger partial charge in [0.1, 0.15) is 18.1 Å². The van der Waals surface area contributed by atoms with Crippen molar-refractivity contribution in [2.75, 3.05) is 0 Å². The lowest BCUT2D eigenvalue weighted by Crippen LogP contribution is -2.63. The Kier molecular flexibility index (Phi) is 5.73. The average Bonchev–Trinajstić information content (AvgIpc) is 3.43. The number of benzene rings is 1. The Balaban J connectivity index is 1.52. The third-order valence-corrected chi connectivity index (χ3v) is 4.84. The van der Waals surface area contributed by atoms with Gasteiger partial charge in [-0.2, -0.15) is 0 Å². The van der Waals surface area contributed by atoms with E-state index in [2.05, 4.69) is 16.0 Å². The second kappa shape index (κ2) is 8.20. The zero-order valence-electron chi connectivity index (χ0n) is 14.8. The smallest absolute Gasteiger partial charge is 0.326 e. The van der Waals surface area contributed by atoms with Crippen molar-refractivity contribution in [3.63, 3.8) is 0 Å². The van der Waals surface area contributed by atoms with Gasteiger partial charge in [-0.05, 0) is 17.9 Å². The van der Waals surface area contributed by atoms with Crippen LogP contribution in [0.4, 0.5) is 0 Å². The molecule has 0 bridgehead atoms. The topological polar surface area (TPSA) is 125 Å². The number of piperazine rings is 1. The van der Waals surface area contributed by atoms with E-state index in [0.29, 0.717) is 18.8 Å². The lowest BCUT2D eigenvalue weighted by atomic mass is 10.0. The Morgan fingerprint density at radius 3 is 2.33 bits per heavy atom. The molecular formula is C19H23N3O5. The van der Waals surface area contributed by atoms with Crippen LogP contribution in [0.3, 0.4) is 0 Å². The van der Waals surface area contributed by atoms with Crippen LogP contribution >= 0.6 is 0 Å². The van der Waals surface area contributed by atoms with E-state index < -0.39 is 35.9 Å². The molecule has 3 rings (SSSR count). The zero-order valence-corrected chi connectivity index (χ0v) is 14.8. The SMILES string of the molecule is O=C(C[C@@H]1NC(=O)[C@H](Cc2ccccc2)NC1=O)N[C@H](CC1CC1)C(=O)O. The van der Waals surface area contributed by atoms with E-state index >= 15 is 0 Å². The molecule has 0 spiro atoms. The first kappa shape index (κ1) is 18.9. The number of carboxylic acid groups (broad SMARTS) is 1. The molecule has 0 radical (unpaired) electrons. The number of carbonyl (C=O) groups excluding carboxylic acids is 3. The van der Waals surface area contributed by atoms with E-state index in [0.717, 1.165) is 18.4 Å². The number of nitrogens with one attached hydrogen (secondary N) is 3. The van der Waals surface area contributed by atoms with Gasteiger partial charge in [0.2, 0.25) is 17.7 Å². The highest BCUT2D eigenvalue weighted by molar-refractivity contribution is 5.99. The fourth-order valence-corrected chi connectivity index (χ4v) is 3.16. The summed E-state index contributed by atoms with van der Waals surface area (Å²) in [5.41, 5.74) is 0.915. The molecule has 1 aliphatic heterocycles. The van der Waals surface area contributed by atoms with Crippen molar-refractivity contribution in [3.05, 3.63) is 35.9 Å². The molecule has 144 valence electrons. The molecule has 3 atom stereocenters. The van der Waals surface area contributed by atoms with Crippen molar-refractivity contribution in [1.82, 2.24) is 16.0 Å². The summed E-state index contributed by atoms with van der Waals surface area (Å²) in [5, 5.41) is 16.9. The van der Waals surface area contributed by atoms with E-state index in [1.54, 1.807) is 0 Å². The summed E-state index contributed by atoms with van der Waals surface area (Å²) in [6.45, 7) is 0. The van der Waals surface area contributed by atoms with Gasteiger partial charge in [-0.25, -0.2) is 4.79 Å². The molecule has 1 aromatic carbocycles. The first-order valence-electron chi connectivity index (χ1n) is 9.09. The van der Waals surface area contributed by atoms with Gasteiger partial charge in [-0.15, -0.1) is 0 Å². The molecule has 8 heteroatoms. The van der Waals surface area contributed by atoms with Crippen LogP contribution in [0.2, 0.25) is 0 Å². The average molecular weight is 373 g/mol.